The normalized spacial score (nSPS) is 17.6. The summed E-state index contributed by atoms with van der Waals surface area (Å²) in [7, 11) is 0. The largest absolute Gasteiger partial charge is 0.476 e. The van der Waals surface area contributed by atoms with E-state index in [1.807, 2.05) is 17.9 Å². The molecule has 0 aromatic carbocycles. The summed E-state index contributed by atoms with van der Waals surface area (Å²) in [6, 6.07) is 3.59. The summed E-state index contributed by atoms with van der Waals surface area (Å²) in [5.41, 5.74) is 0.940. The van der Waals surface area contributed by atoms with E-state index >= 15 is 0 Å². The molecule has 1 saturated heterocycles. The van der Waals surface area contributed by atoms with Crippen molar-refractivity contribution in [3.8, 4) is 5.88 Å². The van der Waals surface area contributed by atoms with Crippen LogP contribution in [0.4, 0.5) is 10.1 Å². The quantitative estimate of drug-likeness (QED) is 0.676. The van der Waals surface area contributed by atoms with Crippen LogP contribution in [0, 0.1) is 5.92 Å². The van der Waals surface area contributed by atoms with E-state index in [4.69, 9.17) is 9.47 Å². The number of rotatable bonds is 10. The first-order chi connectivity index (χ1) is 13.0. The molecule has 1 aliphatic heterocycles. The number of anilines is 1. The third kappa shape index (κ3) is 4.89. The number of pyridine rings is 1. The number of hydrogen-bond donors (Lipinski definition) is 1. The van der Waals surface area contributed by atoms with Crippen LogP contribution in [-0.2, 0) is 4.74 Å². The van der Waals surface area contributed by atoms with Crippen LogP contribution in [0.15, 0.2) is 12.1 Å². The number of halogens is 1. The SMILES string of the molecule is CCC(C)(CC)NC(=O)c1ccc(N2CC(OCF)C2)c(OCC2CC2)n1. The van der Waals surface area contributed by atoms with Gasteiger partial charge in [0.2, 0.25) is 5.88 Å². The minimum Gasteiger partial charge on any atom is -0.476 e. The molecule has 3 rings (SSSR count). The molecule has 0 spiro atoms. The van der Waals surface area contributed by atoms with E-state index in [-0.39, 0.29) is 17.6 Å². The van der Waals surface area contributed by atoms with Crippen molar-refractivity contribution < 1.29 is 18.7 Å². The van der Waals surface area contributed by atoms with E-state index in [9.17, 15) is 9.18 Å². The molecule has 7 heteroatoms. The minimum atomic E-state index is -0.769. The highest BCUT2D eigenvalue weighted by atomic mass is 19.1. The van der Waals surface area contributed by atoms with Crippen molar-refractivity contribution in [2.45, 2.75) is 58.1 Å². The second kappa shape index (κ2) is 8.42. The third-order valence-electron chi connectivity index (χ3n) is 5.69. The van der Waals surface area contributed by atoms with Crippen LogP contribution in [-0.4, -0.2) is 49.1 Å². The lowest BCUT2D eigenvalue weighted by molar-refractivity contribution is -0.0178. The molecule has 2 heterocycles. The molecule has 1 amide bonds. The molecule has 1 saturated carbocycles. The molecule has 6 nitrogen and oxygen atoms in total. The Bertz CT molecular complexity index is 656. The number of ether oxygens (including phenoxy) is 2. The predicted octanol–water partition coefficient (Wildman–Crippen LogP) is 3.31. The van der Waals surface area contributed by atoms with Crippen LogP contribution in [0.1, 0.15) is 56.9 Å². The molecule has 1 aromatic heterocycles. The van der Waals surface area contributed by atoms with Gasteiger partial charge in [-0.15, -0.1) is 0 Å². The van der Waals surface area contributed by atoms with Crippen LogP contribution in [0.3, 0.4) is 0 Å². The standard InChI is InChI=1S/C20H30FN3O3/c1-4-20(3,5-2)23-18(25)16-8-9-17(24-10-15(11-24)27-13-21)19(22-16)26-12-14-6-7-14/h8-9,14-15H,4-7,10-13H2,1-3H3,(H,23,25). The summed E-state index contributed by atoms with van der Waals surface area (Å²) in [5, 5.41) is 3.08. The maximum Gasteiger partial charge on any atom is 0.270 e. The number of alkyl halides is 1. The van der Waals surface area contributed by atoms with Crippen molar-refractivity contribution in [1.82, 2.24) is 10.3 Å². The number of hydrogen-bond acceptors (Lipinski definition) is 5. The van der Waals surface area contributed by atoms with Crippen LogP contribution < -0.4 is 15.0 Å². The fourth-order valence-electron chi connectivity index (χ4n) is 2.98. The highest BCUT2D eigenvalue weighted by molar-refractivity contribution is 5.93. The Hall–Kier alpha value is -1.89. The number of carbonyl (C=O) groups is 1. The summed E-state index contributed by atoms with van der Waals surface area (Å²) in [5.74, 6) is 0.869. The maximum absolute atomic E-state index is 12.7. The average Bonchev–Trinajstić information content (AvgIpc) is 3.47. The molecule has 0 atom stereocenters. The smallest absolute Gasteiger partial charge is 0.270 e. The van der Waals surface area contributed by atoms with Gasteiger partial charge >= 0.3 is 0 Å². The van der Waals surface area contributed by atoms with Crippen molar-refractivity contribution in [3.63, 3.8) is 0 Å². The molecular weight excluding hydrogens is 349 g/mol. The van der Waals surface area contributed by atoms with Crippen LogP contribution in [0.25, 0.3) is 0 Å². The Morgan fingerprint density at radius 2 is 2.04 bits per heavy atom. The number of amides is 1. The summed E-state index contributed by atoms with van der Waals surface area (Å²) in [4.78, 5) is 19.2. The molecule has 2 aliphatic rings. The molecule has 0 bridgehead atoms. The van der Waals surface area contributed by atoms with Gasteiger partial charge in [-0.25, -0.2) is 9.37 Å². The van der Waals surface area contributed by atoms with Gasteiger partial charge in [0, 0.05) is 18.6 Å². The molecule has 1 aromatic rings. The first-order valence-corrected chi connectivity index (χ1v) is 9.87. The maximum atomic E-state index is 12.7. The lowest BCUT2D eigenvalue weighted by Gasteiger charge is -2.40. The molecule has 150 valence electrons. The monoisotopic (exact) mass is 379 g/mol. The van der Waals surface area contributed by atoms with Crippen molar-refractivity contribution in [1.29, 1.82) is 0 Å². The molecule has 0 unspecified atom stereocenters. The van der Waals surface area contributed by atoms with E-state index in [0.29, 0.717) is 37.2 Å². The summed E-state index contributed by atoms with van der Waals surface area (Å²) >= 11 is 0. The lowest BCUT2D eigenvalue weighted by atomic mass is 9.95. The van der Waals surface area contributed by atoms with E-state index in [0.717, 1.165) is 18.5 Å². The highest BCUT2D eigenvalue weighted by Crippen LogP contribution is 2.34. The fourth-order valence-corrected chi connectivity index (χ4v) is 2.98. The zero-order valence-electron chi connectivity index (χ0n) is 16.5. The van der Waals surface area contributed by atoms with Gasteiger partial charge in [-0.1, -0.05) is 13.8 Å². The predicted molar refractivity (Wildman–Crippen MR) is 102 cm³/mol. The van der Waals surface area contributed by atoms with Crippen LogP contribution >= 0.6 is 0 Å². The van der Waals surface area contributed by atoms with Gasteiger partial charge in [-0.3, -0.25) is 4.79 Å². The lowest BCUT2D eigenvalue weighted by Crippen LogP contribution is -2.52. The molecule has 2 fully saturated rings. The molecular formula is C20H30FN3O3. The number of nitrogens with one attached hydrogen (secondary N) is 1. The summed E-state index contributed by atoms with van der Waals surface area (Å²) < 4.78 is 23.2. The Kier molecular flexibility index (Phi) is 6.19. The van der Waals surface area contributed by atoms with Gasteiger partial charge in [-0.2, -0.15) is 0 Å². The van der Waals surface area contributed by atoms with E-state index in [2.05, 4.69) is 24.1 Å². The van der Waals surface area contributed by atoms with Gasteiger partial charge in [-0.05, 0) is 50.7 Å². The van der Waals surface area contributed by atoms with E-state index < -0.39 is 6.86 Å². The summed E-state index contributed by atoms with van der Waals surface area (Å²) in [6.07, 6.45) is 3.95. The minimum absolute atomic E-state index is 0.107. The molecule has 1 aliphatic carbocycles. The fraction of sp³-hybridized carbons (Fsp3) is 0.700. The Morgan fingerprint density at radius 3 is 2.63 bits per heavy atom. The zero-order chi connectivity index (χ0) is 19.4. The van der Waals surface area contributed by atoms with Crippen LogP contribution in [0.5, 0.6) is 5.88 Å². The van der Waals surface area contributed by atoms with Gasteiger partial charge in [0.1, 0.15) is 11.4 Å². The highest BCUT2D eigenvalue weighted by Gasteiger charge is 2.32. The first kappa shape index (κ1) is 19.9. The molecule has 27 heavy (non-hydrogen) atoms. The van der Waals surface area contributed by atoms with Crippen LogP contribution in [0.2, 0.25) is 0 Å². The van der Waals surface area contributed by atoms with E-state index in [1.165, 1.54) is 12.8 Å². The topological polar surface area (TPSA) is 63.7 Å². The Morgan fingerprint density at radius 1 is 1.33 bits per heavy atom. The number of carbonyl (C=O) groups excluding carboxylic acids is 1. The third-order valence-corrected chi connectivity index (χ3v) is 5.69. The average molecular weight is 379 g/mol. The Labute approximate surface area is 160 Å². The first-order valence-electron chi connectivity index (χ1n) is 9.87. The van der Waals surface area contributed by atoms with Gasteiger partial charge < -0.3 is 19.7 Å². The second-order valence-corrected chi connectivity index (χ2v) is 7.80. The van der Waals surface area contributed by atoms with Gasteiger partial charge in [0.05, 0.1) is 12.7 Å². The van der Waals surface area contributed by atoms with Gasteiger partial charge in [0.15, 0.2) is 6.86 Å². The second-order valence-electron chi connectivity index (χ2n) is 7.80. The van der Waals surface area contributed by atoms with Crippen molar-refractivity contribution in [3.05, 3.63) is 17.8 Å². The Balaban J connectivity index is 1.74. The summed E-state index contributed by atoms with van der Waals surface area (Å²) in [6.45, 7) is 7.20. The van der Waals surface area contributed by atoms with Crippen molar-refractivity contribution in [2.24, 2.45) is 5.92 Å². The zero-order valence-corrected chi connectivity index (χ0v) is 16.5. The number of aromatic nitrogens is 1. The van der Waals surface area contributed by atoms with E-state index in [1.54, 1.807) is 6.07 Å². The number of nitrogens with zero attached hydrogens (tertiary/aromatic N) is 2. The molecule has 0 radical (unpaired) electrons. The van der Waals surface area contributed by atoms with Gasteiger partial charge in [0.25, 0.3) is 5.91 Å². The van der Waals surface area contributed by atoms with Crippen molar-refractivity contribution >= 4 is 11.6 Å². The molecule has 1 N–H and O–H groups in total. The van der Waals surface area contributed by atoms with Crippen molar-refractivity contribution in [2.75, 3.05) is 31.5 Å².